The molecule has 0 spiro atoms. The highest BCUT2D eigenvalue weighted by atomic mass is 16.1. The van der Waals surface area contributed by atoms with Crippen LogP contribution in [0.25, 0.3) is 0 Å². The topological polar surface area (TPSA) is 55.1 Å². The molecule has 0 aromatic carbocycles. The third-order valence-corrected chi connectivity index (χ3v) is 0.358. The molecule has 0 fully saturated rings. The number of likely N-dealkylation sites (N-methyl/N-ethyl adjacent to an activating group) is 1. The summed E-state index contributed by atoms with van der Waals surface area (Å²) in [5.41, 5.74) is 4.71. The van der Waals surface area contributed by atoms with Crippen molar-refractivity contribution in [1.29, 1.82) is 0 Å². The third kappa shape index (κ3) is 1.72. The van der Waals surface area contributed by atoms with Crippen LogP contribution < -0.4 is 11.1 Å². The SMILES string of the molecule is [2H]C([2H])(N)C(=O)NC. The van der Waals surface area contributed by atoms with Crippen LogP contribution in [-0.4, -0.2) is 19.5 Å². The highest BCUT2D eigenvalue weighted by molar-refractivity contribution is 5.77. The minimum Gasteiger partial charge on any atom is -0.358 e. The normalized spacial score (nSPS) is 15.0. The lowest BCUT2D eigenvalue weighted by Gasteiger charge is -1.87. The van der Waals surface area contributed by atoms with Gasteiger partial charge in [-0.25, -0.2) is 0 Å². The van der Waals surface area contributed by atoms with Gasteiger partial charge in [0.15, 0.2) is 0 Å². The molecule has 0 aromatic rings. The van der Waals surface area contributed by atoms with Crippen LogP contribution in [0, 0.1) is 0 Å². The van der Waals surface area contributed by atoms with Gasteiger partial charge in [0.25, 0.3) is 0 Å². The molecule has 3 heteroatoms. The highest BCUT2D eigenvalue weighted by Crippen LogP contribution is 1.46. The predicted octanol–water partition coefficient (Wildman–Crippen LogP) is -1.31. The van der Waals surface area contributed by atoms with E-state index in [1.807, 2.05) is 0 Å². The first kappa shape index (κ1) is 2.58. The fraction of sp³-hybridized carbons (Fsp3) is 0.667. The van der Waals surface area contributed by atoms with E-state index >= 15 is 0 Å². The largest absolute Gasteiger partial charge is 0.358 e. The van der Waals surface area contributed by atoms with Crippen molar-refractivity contribution in [3.8, 4) is 0 Å². The zero-order valence-corrected chi connectivity index (χ0v) is 3.49. The molecule has 0 saturated carbocycles. The number of nitrogens with two attached hydrogens (primary N) is 1. The summed E-state index contributed by atoms with van der Waals surface area (Å²) in [5, 5.41) is 2.07. The Morgan fingerprint density at radius 2 is 2.83 bits per heavy atom. The van der Waals surface area contributed by atoms with Crippen molar-refractivity contribution >= 4 is 5.91 Å². The summed E-state index contributed by atoms with van der Waals surface area (Å²) in [6.45, 7) is -2.24. The third-order valence-electron chi connectivity index (χ3n) is 0.358. The Labute approximate surface area is 39.3 Å². The van der Waals surface area contributed by atoms with Crippen molar-refractivity contribution in [3.05, 3.63) is 0 Å². The van der Waals surface area contributed by atoms with E-state index in [4.69, 9.17) is 8.48 Å². The first-order valence-corrected chi connectivity index (χ1v) is 1.49. The summed E-state index contributed by atoms with van der Waals surface area (Å²) < 4.78 is 13.1. The lowest BCUT2D eigenvalue weighted by molar-refractivity contribution is -0.119. The van der Waals surface area contributed by atoms with Crippen LogP contribution in [0.15, 0.2) is 0 Å². The van der Waals surface area contributed by atoms with Crippen LogP contribution in [0.2, 0.25) is 0 Å². The van der Waals surface area contributed by atoms with Crippen LogP contribution >= 0.6 is 0 Å². The Balaban J connectivity index is 3.82. The minimum absolute atomic E-state index is 0.808. The second kappa shape index (κ2) is 2.66. The smallest absolute Gasteiger partial charge is 0.233 e. The van der Waals surface area contributed by atoms with Crippen molar-refractivity contribution in [1.82, 2.24) is 5.32 Å². The Bertz CT molecular complexity index is 97.9. The molecule has 0 saturated heterocycles. The lowest BCUT2D eigenvalue weighted by atomic mass is 10.6. The molecule has 3 nitrogen and oxygen atoms in total. The molecule has 6 heavy (non-hydrogen) atoms. The highest BCUT2D eigenvalue weighted by Gasteiger charge is 1.84. The van der Waals surface area contributed by atoms with Gasteiger partial charge in [-0.05, 0) is 0 Å². The summed E-state index contributed by atoms with van der Waals surface area (Å²) in [4.78, 5) is 10.2. The van der Waals surface area contributed by atoms with E-state index in [1.165, 1.54) is 7.05 Å². The molecule has 1 amide bonds. The number of carbonyl (C=O) groups excluding carboxylic acids is 1. The fourth-order valence-electron chi connectivity index (χ4n) is 0.0722. The van der Waals surface area contributed by atoms with Crippen LogP contribution in [0.5, 0.6) is 0 Å². The Morgan fingerprint density at radius 3 is 2.83 bits per heavy atom. The summed E-state index contributed by atoms with van der Waals surface area (Å²) in [6.07, 6.45) is 0. The first-order chi connectivity index (χ1) is 3.48. The van der Waals surface area contributed by atoms with Gasteiger partial charge < -0.3 is 11.1 Å². The maximum atomic E-state index is 10.2. The van der Waals surface area contributed by atoms with Crippen molar-refractivity contribution in [2.24, 2.45) is 5.73 Å². The van der Waals surface area contributed by atoms with Crippen molar-refractivity contribution in [3.63, 3.8) is 0 Å². The molecule has 0 bridgehead atoms. The Morgan fingerprint density at radius 1 is 2.33 bits per heavy atom. The summed E-state index contributed by atoms with van der Waals surface area (Å²) in [7, 11) is 1.33. The van der Waals surface area contributed by atoms with E-state index in [2.05, 4.69) is 5.32 Å². The standard InChI is InChI=1S/C3H8N2O/c1-5-3(6)2-4/h2,4H2,1H3,(H,5,6)/i2D2. The van der Waals surface area contributed by atoms with Crippen molar-refractivity contribution in [2.75, 3.05) is 13.5 Å². The van der Waals surface area contributed by atoms with Gasteiger partial charge in [0.05, 0.1) is 9.24 Å². The van der Waals surface area contributed by atoms with E-state index in [1.54, 1.807) is 0 Å². The lowest BCUT2D eigenvalue weighted by Crippen LogP contribution is -2.26. The maximum Gasteiger partial charge on any atom is 0.233 e. The number of amides is 1. The molecular weight excluding hydrogens is 80.0 g/mol. The number of hydrogen-bond donors (Lipinski definition) is 2. The average Bonchev–Trinajstić information content (AvgIpc) is 1.62. The molecule has 0 heterocycles. The fourth-order valence-corrected chi connectivity index (χ4v) is 0.0722. The first-order valence-electron chi connectivity index (χ1n) is 2.49. The van der Waals surface area contributed by atoms with Crippen LogP contribution in [0.3, 0.4) is 0 Å². The molecule has 0 rings (SSSR count). The molecule has 0 aliphatic heterocycles. The molecule has 0 unspecified atom stereocenters. The van der Waals surface area contributed by atoms with Gasteiger partial charge in [-0.3, -0.25) is 4.79 Å². The van der Waals surface area contributed by atoms with Crippen LogP contribution in [0.4, 0.5) is 0 Å². The van der Waals surface area contributed by atoms with E-state index in [-0.39, 0.29) is 0 Å². The molecular formula is C3H8N2O. The summed E-state index contributed by atoms with van der Waals surface area (Å²) in [5.74, 6) is -0.808. The van der Waals surface area contributed by atoms with Gasteiger partial charge >= 0.3 is 0 Å². The van der Waals surface area contributed by atoms with Gasteiger partial charge in [0.2, 0.25) is 5.91 Å². The van der Waals surface area contributed by atoms with Crippen molar-refractivity contribution in [2.45, 2.75) is 0 Å². The Kier molecular flexibility index (Phi) is 1.14. The zero-order chi connectivity index (χ0) is 6.78. The molecule has 3 N–H and O–H groups in total. The molecule has 0 atom stereocenters. The molecule has 0 aliphatic rings. The van der Waals surface area contributed by atoms with E-state index in [9.17, 15) is 4.79 Å². The van der Waals surface area contributed by atoms with Gasteiger partial charge in [0.1, 0.15) is 0 Å². The summed E-state index contributed by atoms with van der Waals surface area (Å²) >= 11 is 0. The van der Waals surface area contributed by atoms with Crippen LogP contribution in [0.1, 0.15) is 2.74 Å². The second-order valence-electron chi connectivity index (χ2n) is 0.723. The monoisotopic (exact) mass is 90.1 g/mol. The number of rotatable bonds is 1. The maximum absolute atomic E-state index is 10.2. The minimum atomic E-state index is -2.24. The second-order valence-corrected chi connectivity index (χ2v) is 0.723. The molecule has 0 radical (unpaired) electrons. The summed E-state index contributed by atoms with van der Waals surface area (Å²) in [6, 6.07) is 0. The van der Waals surface area contributed by atoms with Gasteiger partial charge in [-0.1, -0.05) is 0 Å². The van der Waals surface area contributed by atoms with E-state index < -0.39 is 12.4 Å². The molecule has 36 valence electrons. The van der Waals surface area contributed by atoms with Gasteiger partial charge in [-0.15, -0.1) is 0 Å². The quantitative estimate of drug-likeness (QED) is 0.420. The molecule has 0 aromatic heterocycles. The number of nitrogens with one attached hydrogen (secondary N) is 1. The Hall–Kier alpha value is -0.570. The van der Waals surface area contributed by atoms with Crippen molar-refractivity contribution < 1.29 is 7.54 Å². The zero-order valence-electron chi connectivity index (χ0n) is 5.49. The van der Waals surface area contributed by atoms with E-state index in [0.717, 1.165) is 0 Å². The van der Waals surface area contributed by atoms with Crippen LogP contribution in [-0.2, 0) is 4.79 Å². The van der Waals surface area contributed by atoms with Gasteiger partial charge in [-0.2, -0.15) is 0 Å². The average molecular weight is 90.1 g/mol. The van der Waals surface area contributed by atoms with E-state index in [0.29, 0.717) is 0 Å². The predicted molar refractivity (Wildman–Crippen MR) is 23.1 cm³/mol. The molecule has 0 aliphatic carbocycles. The number of carbonyl (C=O) groups is 1. The van der Waals surface area contributed by atoms with Gasteiger partial charge in [0, 0.05) is 7.05 Å². The number of hydrogen-bond acceptors (Lipinski definition) is 2.